The molecule has 5 rings (SSSR count). The number of ether oxygens (including phenoxy) is 1. The Balaban J connectivity index is 1.35. The van der Waals surface area contributed by atoms with Crippen LogP contribution in [-0.4, -0.2) is 29.2 Å². The second-order valence-corrected chi connectivity index (χ2v) is 9.51. The fourth-order valence-electron chi connectivity index (χ4n) is 4.55. The monoisotopic (exact) mass is 542 g/mol. The van der Waals surface area contributed by atoms with E-state index in [1.807, 2.05) is 66.7 Å². The quantitative estimate of drug-likeness (QED) is 0.151. The second-order valence-electron chi connectivity index (χ2n) is 9.51. The number of furan rings is 1. The van der Waals surface area contributed by atoms with Gasteiger partial charge in [0.1, 0.15) is 29.8 Å². The fourth-order valence-corrected chi connectivity index (χ4v) is 4.55. The molecular weight excluding hydrogens is 516 g/mol. The van der Waals surface area contributed by atoms with Gasteiger partial charge in [-0.05, 0) is 60.4 Å². The molecule has 0 aliphatic carbocycles. The summed E-state index contributed by atoms with van der Waals surface area (Å²) in [6, 6.07) is 31.2. The Morgan fingerprint density at radius 2 is 1.61 bits per heavy atom. The molecule has 1 aromatic heterocycles. The van der Waals surface area contributed by atoms with E-state index in [2.05, 4.69) is 0 Å². The summed E-state index contributed by atoms with van der Waals surface area (Å²) >= 11 is 0. The van der Waals surface area contributed by atoms with Crippen molar-refractivity contribution in [3.05, 3.63) is 136 Å². The van der Waals surface area contributed by atoms with E-state index in [-0.39, 0.29) is 24.3 Å². The third-order valence-electron chi connectivity index (χ3n) is 6.80. The Morgan fingerprint density at radius 1 is 0.902 bits per heavy atom. The molecule has 1 aliphatic heterocycles. The number of hydrogen-bond donors (Lipinski definition) is 0. The van der Waals surface area contributed by atoms with E-state index >= 15 is 0 Å². The van der Waals surface area contributed by atoms with Crippen LogP contribution in [0.3, 0.4) is 0 Å². The number of carbonyl (C=O) groups excluding carboxylic acids is 3. The van der Waals surface area contributed by atoms with Crippen LogP contribution in [0.5, 0.6) is 0 Å². The minimum atomic E-state index is -0.598. The molecule has 0 atom stereocenters. The molecule has 0 fully saturated rings. The van der Waals surface area contributed by atoms with Crippen LogP contribution >= 0.6 is 0 Å². The lowest BCUT2D eigenvalue weighted by Crippen LogP contribution is -2.43. The maximum atomic E-state index is 13.4. The molecule has 0 saturated carbocycles. The average molecular weight is 543 g/mol. The van der Waals surface area contributed by atoms with Gasteiger partial charge in [-0.25, -0.2) is 4.79 Å². The van der Waals surface area contributed by atoms with Crippen LogP contribution in [-0.2, 0) is 27.4 Å². The number of benzene rings is 3. The summed E-state index contributed by atoms with van der Waals surface area (Å²) in [5.41, 5.74) is 3.35. The minimum Gasteiger partial charge on any atom is -0.457 e. The lowest BCUT2D eigenvalue weighted by atomic mass is 9.94. The molecule has 3 aromatic carbocycles. The Kier molecular flexibility index (Phi) is 8.03. The van der Waals surface area contributed by atoms with E-state index in [0.717, 1.165) is 16.0 Å². The Morgan fingerprint density at radius 3 is 2.32 bits per heavy atom. The van der Waals surface area contributed by atoms with Gasteiger partial charge in [0.15, 0.2) is 0 Å². The number of nitrogens with zero attached hydrogens (tertiary/aromatic N) is 2. The van der Waals surface area contributed by atoms with Gasteiger partial charge in [0.25, 0.3) is 11.8 Å². The molecule has 4 aromatic rings. The molecule has 1 aliphatic rings. The summed E-state index contributed by atoms with van der Waals surface area (Å²) in [4.78, 5) is 40.1. The lowest BCUT2D eigenvalue weighted by molar-refractivity contribution is -0.140. The van der Waals surface area contributed by atoms with Crippen LogP contribution in [0.1, 0.15) is 34.2 Å². The Labute approximate surface area is 237 Å². The predicted molar refractivity (Wildman–Crippen MR) is 153 cm³/mol. The molecule has 202 valence electrons. The molecule has 2 amide bonds. The summed E-state index contributed by atoms with van der Waals surface area (Å²) in [6.07, 6.45) is 2.01. The Hall–Kier alpha value is -5.48. The average Bonchev–Trinajstić information content (AvgIpc) is 3.48. The van der Waals surface area contributed by atoms with Crippen molar-refractivity contribution in [2.24, 2.45) is 0 Å². The summed E-state index contributed by atoms with van der Waals surface area (Å²) in [6.45, 7) is 1.90. The SMILES string of the molecule is CC1=C(C#N)C(=O)N(CCc2ccccc2)C(=O)/C1=C\c1ccc(-c2cccc(C(=O)OCc3ccccc3)c2)o1. The first-order valence-electron chi connectivity index (χ1n) is 13.1. The highest BCUT2D eigenvalue weighted by Crippen LogP contribution is 2.30. The molecule has 0 saturated heterocycles. The van der Waals surface area contributed by atoms with Gasteiger partial charge in [0, 0.05) is 17.7 Å². The molecule has 7 heteroatoms. The molecule has 7 nitrogen and oxygen atoms in total. The maximum absolute atomic E-state index is 13.4. The summed E-state index contributed by atoms with van der Waals surface area (Å²) in [7, 11) is 0. The number of nitriles is 1. The van der Waals surface area contributed by atoms with Crippen molar-refractivity contribution >= 4 is 23.9 Å². The van der Waals surface area contributed by atoms with Crippen molar-refractivity contribution < 1.29 is 23.5 Å². The number of imide groups is 1. The van der Waals surface area contributed by atoms with Gasteiger partial charge in [-0.3, -0.25) is 14.5 Å². The third kappa shape index (κ3) is 6.07. The molecular formula is C34H26N2O5. The van der Waals surface area contributed by atoms with Gasteiger partial charge in [-0.15, -0.1) is 0 Å². The van der Waals surface area contributed by atoms with Crippen LogP contribution < -0.4 is 0 Å². The van der Waals surface area contributed by atoms with Crippen molar-refractivity contribution in [2.45, 2.75) is 20.0 Å². The standard InChI is InChI=1S/C34H26N2O5/c1-23-29(32(37)36(33(38)30(23)21-35)18-17-24-9-4-2-5-10-24)20-28-15-16-31(41-28)26-13-8-14-27(19-26)34(39)40-22-25-11-6-3-7-12-25/h2-16,19-20H,17-18,22H2,1H3/b29-20-. The smallest absolute Gasteiger partial charge is 0.338 e. The van der Waals surface area contributed by atoms with Crippen LogP contribution in [0, 0.1) is 11.3 Å². The number of hydrogen-bond acceptors (Lipinski definition) is 6. The van der Waals surface area contributed by atoms with Crippen LogP contribution in [0.25, 0.3) is 17.4 Å². The molecule has 41 heavy (non-hydrogen) atoms. The number of rotatable bonds is 8. The molecule has 0 N–H and O–H groups in total. The normalized spacial score (nSPS) is 14.3. The zero-order valence-electron chi connectivity index (χ0n) is 22.4. The van der Waals surface area contributed by atoms with Gasteiger partial charge in [0.2, 0.25) is 0 Å². The van der Waals surface area contributed by atoms with Gasteiger partial charge >= 0.3 is 5.97 Å². The largest absolute Gasteiger partial charge is 0.457 e. The van der Waals surface area contributed by atoms with Crippen LogP contribution in [0.15, 0.2) is 118 Å². The number of amides is 2. The van der Waals surface area contributed by atoms with Crippen LogP contribution in [0.4, 0.5) is 0 Å². The minimum absolute atomic E-state index is 0.0718. The highest BCUT2D eigenvalue weighted by Gasteiger charge is 2.35. The van der Waals surface area contributed by atoms with E-state index in [0.29, 0.717) is 34.6 Å². The zero-order valence-corrected chi connectivity index (χ0v) is 22.4. The van der Waals surface area contributed by atoms with Gasteiger partial charge in [0.05, 0.1) is 5.56 Å². The molecule has 0 spiro atoms. The van der Waals surface area contributed by atoms with Gasteiger partial charge < -0.3 is 9.15 Å². The second kappa shape index (κ2) is 12.1. The predicted octanol–water partition coefficient (Wildman–Crippen LogP) is 6.14. The zero-order chi connectivity index (χ0) is 28.8. The topological polar surface area (TPSA) is 101 Å². The number of esters is 1. The lowest BCUT2D eigenvalue weighted by Gasteiger charge is -2.27. The highest BCUT2D eigenvalue weighted by molar-refractivity contribution is 6.19. The van der Waals surface area contributed by atoms with Crippen LogP contribution in [0.2, 0.25) is 0 Å². The third-order valence-corrected chi connectivity index (χ3v) is 6.80. The summed E-state index contributed by atoms with van der Waals surface area (Å²) in [5, 5.41) is 9.68. The molecule has 0 bridgehead atoms. The van der Waals surface area contributed by atoms with E-state index in [1.165, 1.54) is 0 Å². The van der Waals surface area contributed by atoms with E-state index in [9.17, 15) is 19.6 Å². The van der Waals surface area contributed by atoms with Crippen molar-refractivity contribution in [3.8, 4) is 17.4 Å². The van der Waals surface area contributed by atoms with Gasteiger partial charge in [-0.1, -0.05) is 72.8 Å². The summed E-state index contributed by atoms with van der Waals surface area (Å²) in [5.74, 6) is -0.684. The number of carbonyl (C=O) groups is 3. The van der Waals surface area contributed by atoms with E-state index < -0.39 is 17.8 Å². The highest BCUT2D eigenvalue weighted by atomic mass is 16.5. The van der Waals surface area contributed by atoms with Crippen molar-refractivity contribution in [3.63, 3.8) is 0 Å². The molecule has 0 unspecified atom stereocenters. The molecule has 2 heterocycles. The van der Waals surface area contributed by atoms with Crippen molar-refractivity contribution in [1.29, 1.82) is 5.26 Å². The first kappa shape index (κ1) is 27.1. The molecule has 0 radical (unpaired) electrons. The van der Waals surface area contributed by atoms with Gasteiger partial charge in [-0.2, -0.15) is 5.26 Å². The van der Waals surface area contributed by atoms with E-state index in [4.69, 9.17) is 9.15 Å². The first-order chi connectivity index (χ1) is 19.9. The summed E-state index contributed by atoms with van der Waals surface area (Å²) < 4.78 is 11.4. The Bertz CT molecular complexity index is 1710. The van der Waals surface area contributed by atoms with E-state index in [1.54, 1.807) is 49.4 Å². The fraction of sp³-hybridized carbons (Fsp3) is 0.118. The first-order valence-corrected chi connectivity index (χ1v) is 13.1. The van der Waals surface area contributed by atoms with Crippen molar-refractivity contribution in [2.75, 3.05) is 6.54 Å². The maximum Gasteiger partial charge on any atom is 0.338 e. The van der Waals surface area contributed by atoms with Crippen molar-refractivity contribution in [1.82, 2.24) is 4.90 Å².